The number of aromatic nitrogens is 16. The van der Waals surface area contributed by atoms with Crippen molar-refractivity contribution < 1.29 is 63.6 Å². The fourth-order valence-corrected chi connectivity index (χ4v) is 11.5. The lowest BCUT2D eigenvalue weighted by Crippen LogP contribution is -2.45. The number of H-pyrrole nitrogens is 4. The first-order valence-electron chi connectivity index (χ1n) is 27.7. The smallest absolute Gasteiger partial charge is 0.280 e. The summed E-state index contributed by atoms with van der Waals surface area (Å²) in [4.78, 5) is 100. The zero-order chi connectivity index (χ0) is 63.3. The van der Waals surface area contributed by atoms with Gasteiger partial charge in [-0.25, -0.2) is 19.9 Å². The maximum Gasteiger partial charge on any atom is 0.280 e. The molecule has 0 spiro atoms. The minimum Gasteiger partial charge on any atom is -0.414 e. The van der Waals surface area contributed by atoms with Gasteiger partial charge in [-0.15, -0.1) is 0 Å². The fourth-order valence-electron chi connectivity index (χ4n) is 10.4. The number of hydroxylamine groups is 1. The standard InChI is InChI=1S/C22H28N10O8.C16H28N6O4Si.C11H13N5O5/c23-21-27-16-12(18(36)29-21)25-6-31(16)11-4-9(10(5-33)39-11)38-3-1-2-8-14(34)15(35)20(40-8)32-7-26-13-17(32)28-22(24)30-19(13)37;1-16(2,3)27(4,5)25-7-10-9(21-24)6-11(26-10)22-8-18-12-13(22)19-15(17)20-14(12)23;12-11-14-8-5(9(20)15-11)13-3-16(8)10-7(19)6(18)4(21-10)1-2-17/h6-11,14-15,20,33-35H,1-5H2,(H3,23,27,29,36)(H3,24,28,30,37);8-11,21,24H,6-7H2,1-5H3,(H3,17,19,20,23);2-4,6-7,10,18-19H,1H2,(H3,12,14,15,20)/t8-,9+,10-,11-,14-,15-,20-;9-,10+,11+;4-,6-,7-,10-/m101/s1. The minimum absolute atomic E-state index is 0.0156. The Labute approximate surface area is 495 Å². The molecule has 4 saturated heterocycles. The molecule has 8 aromatic heterocycles. The normalized spacial score (nSPS) is 27.4. The second-order valence-electron chi connectivity index (χ2n) is 22.9. The first-order valence-corrected chi connectivity index (χ1v) is 30.6. The number of nitrogens with one attached hydrogen (secondary N) is 5. The molecule has 12 rings (SSSR count). The number of nitrogens with zero attached hydrogens (tertiary/aromatic N) is 12. The van der Waals surface area contributed by atoms with Gasteiger partial charge in [-0.1, -0.05) is 20.8 Å². The first-order chi connectivity index (χ1) is 41.8. The Morgan fingerprint density at radius 2 is 1.03 bits per heavy atom. The second-order valence-corrected chi connectivity index (χ2v) is 27.7. The molecular weight excluding hydrogens is 1180 g/mol. The molecule has 0 radical (unpaired) electrons. The Balaban J connectivity index is 0.000000155. The van der Waals surface area contributed by atoms with Crippen LogP contribution in [-0.4, -0.2) is 204 Å². The summed E-state index contributed by atoms with van der Waals surface area (Å²) in [5, 5.41) is 60.6. The lowest BCUT2D eigenvalue weighted by molar-refractivity contribution is -0.112. The molecule has 0 aliphatic carbocycles. The van der Waals surface area contributed by atoms with Crippen LogP contribution in [0.15, 0.2) is 44.5 Å². The highest BCUT2D eigenvalue weighted by atomic mass is 28.4. The van der Waals surface area contributed by atoms with Crippen LogP contribution in [0.4, 0.5) is 23.8 Å². The Hall–Kier alpha value is -8.03. The molecule has 0 unspecified atom stereocenters. The largest absolute Gasteiger partial charge is 0.414 e. The quantitative estimate of drug-likeness (QED) is 0.0196. The van der Waals surface area contributed by atoms with Crippen LogP contribution < -0.4 is 50.7 Å². The van der Waals surface area contributed by atoms with E-state index in [0.717, 1.165) is 0 Å². The van der Waals surface area contributed by atoms with Gasteiger partial charge in [0.25, 0.3) is 22.2 Å². The molecule has 4 fully saturated rings. The average molecular weight is 1250 g/mol. The van der Waals surface area contributed by atoms with Gasteiger partial charge in [0.15, 0.2) is 65.4 Å². The van der Waals surface area contributed by atoms with Crippen molar-refractivity contribution >= 4 is 83.1 Å². The third kappa shape index (κ3) is 12.4. The van der Waals surface area contributed by atoms with E-state index in [1.807, 2.05) is 0 Å². The van der Waals surface area contributed by atoms with Crippen molar-refractivity contribution in [2.24, 2.45) is 0 Å². The Morgan fingerprint density at radius 1 is 0.625 bits per heavy atom. The van der Waals surface area contributed by atoms with Crippen LogP contribution in [0.25, 0.3) is 44.7 Å². The van der Waals surface area contributed by atoms with E-state index >= 15 is 0 Å². The lowest BCUT2D eigenvalue weighted by Gasteiger charge is -2.37. The summed E-state index contributed by atoms with van der Waals surface area (Å²) in [6.45, 7) is 11.2. The van der Waals surface area contributed by atoms with Crippen LogP contribution in [0, 0.1) is 0 Å². The number of hydrogen-bond donors (Lipinski definition) is 15. The highest BCUT2D eigenvalue weighted by Crippen LogP contribution is 2.39. The van der Waals surface area contributed by atoms with Crippen molar-refractivity contribution in [3.05, 3.63) is 66.7 Å². The third-order valence-corrected chi connectivity index (χ3v) is 20.6. The van der Waals surface area contributed by atoms with Crippen molar-refractivity contribution in [1.82, 2.24) is 83.6 Å². The minimum atomic E-state index is -1.94. The van der Waals surface area contributed by atoms with Gasteiger partial charge < -0.3 is 86.6 Å². The number of nitrogen functional groups attached to an aromatic ring is 4. The topological polar surface area (TPSA) is 564 Å². The Morgan fingerprint density at radius 3 is 1.47 bits per heavy atom. The summed E-state index contributed by atoms with van der Waals surface area (Å²) in [5.41, 5.74) is 24.1. The van der Waals surface area contributed by atoms with Crippen LogP contribution >= 0.6 is 0 Å². The number of aliphatic hydroxyl groups is 5. The van der Waals surface area contributed by atoms with E-state index in [2.05, 4.69) is 99.2 Å². The summed E-state index contributed by atoms with van der Waals surface area (Å²) < 4.78 is 41.6. The third-order valence-electron chi connectivity index (χ3n) is 16.1. The van der Waals surface area contributed by atoms with Gasteiger partial charge in [0.2, 0.25) is 23.8 Å². The molecule has 14 atom stereocenters. The number of hydrogen-bond acceptors (Lipinski definition) is 30. The van der Waals surface area contributed by atoms with Gasteiger partial charge in [0, 0.05) is 25.9 Å². The summed E-state index contributed by atoms with van der Waals surface area (Å²) >= 11 is 0. The number of rotatable bonds is 16. The zero-order valence-electron chi connectivity index (χ0n) is 48.0. The Kier molecular flexibility index (Phi) is 18.1. The summed E-state index contributed by atoms with van der Waals surface area (Å²) in [6, 6.07) is -0.309. The SMILES string of the molecule is CC(C)(C)[Si](C)(C)OC[C@H]1O[C@@H](n2cnc3c(=O)[nH]c(N)nc32)C[C@@H]1NO.Nc1nc2c(ncn2[C@@H]2O[C@H](CC=O)[C@@H](O)[C@H]2O)c(=O)[nH]1.Nc1nc2c(ncn2[C@@H]2O[C@H](CCCO[C@H]3C[C@H](n4cnc5c(=O)[nH]c(N)nc54)O[C@@H]3CO)[C@@H](O)[C@H]2O)c(=O)[nH]1. The number of aldehydes is 1. The van der Waals surface area contributed by atoms with Gasteiger partial charge in [0.05, 0.1) is 69.0 Å². The fraction of sp³-hybridized carbons (Fsp3) is 0.571. The summed E-state index contributed by atoms with van der Waals surface area (Å²) in [6.07, 6.45) is -3.41. The van der Waals surface area contributed by atoms with Crippen molar-refractivity contribution in [2.75, 3.05) is 42.8 Å². The van der Waals surface area contributed by atoms with E-state index < -0.39 is 104 Å². The first kappa shape index (κ1) is 63.0. The van der Waals surface area contributed by atoms with E-state index in [4.69, 9.17) is 51.0 Å². The number of imidazole rings is 4. The van der Waals surface area contributed by atoms with E-state index in [1.54, 1.807) is 9.13 Å². The predicted molar refractivity (Wildman–Crippen MR) is 308 cm³/mol. The van der Waals surface area contributed by atoms with Crippen molar-refractivity contribution in [2.45, 2.75) is 157 Å². The molecule has 12 heterocycles. The monoisotopic (exact) mass is 1250 g/mol. The Bertz CT molecular complexity index is 4040. The number of nitrogens with two attached hydrogens (primary N) is 4. The number of fused-ring (bicyclic) bond motifs is 4. The van der Waals surface area contributed by atoms with E-state index in [9.17, 15) is 54.7 Å². The molecular formula is C49H69N21O17Si. The van der Waals surface area contributed by atoms with Gasteiger partial charge in [-0.05, 0) is 31.0 Å². The van der Waals surface area contributed by atoms with Crippen molar-refractivity contribution in [3.63, 3.8) is 0 Å². The second kappa shape index (κ2) is 25.2. The molecule has 38 nitrogen and oxygen atoms in total. The molecule has 39 heteroatoms. The van der Waals surface area contributed by atoms with Crippen LogP contribution in [0.3, 0.4) is 0 Å². The van der Waals surface area contributed by atoms with Gasteiger partial charge >= 0.3 is 0 Å². The summed E-state index contributed by atoms with van der Waals surface area (Å²) in [7, 11) is -1.94. The molecule has 19 N–H and O–H groups in total. The number of carbonyl (C=O) groups excluding carboxylic acids is 1. The van der Waals surface area contributed by atoms with E-state index in [-0.39, 0.29) is 99.6 Å². The highest BCUT2D eigenvalue weighted by molar-refractivity contribution is 6.74. The van der Waals surface area contributed by atoms with Crippen LogP contribution in [-0.2, 0) is 32.9 Å². The van der Waals surface area contributed by atoms with Gasteiger partial charge in [0.1, 0.15) is 49.3 Å². The average Bonchev–Trinajstić information content (AvgIpc) is 2.39. The molecule has 4 aliphatic rings. The molecule has 0 aromatic carbocycles. The molecule has 476 valence electrons. The van der Waals surface area contributed by atoms with Crippen molar-refractivity contribution in [1.29, 1.82) is 0 Å². The molecule has 0 saturated carbocycles. The molecule has 4 aliphatic heterocycles. The number of ether oxygens (including phenoxy) is 5. The highest BCUT2D eigenvalue weighted by Gasteiger charge is 2.47. The van der Waals surface area contributed by atoms with Gasteiger partial charge in [-0.2, -0.15) is 25.4 Å². The van der Waals surface area contributed by atoms with E-state index in [0.29, 0.717) is 44.2 Å². The molecule has 0 bridgehead atoms. The van der Waals surface area contributed by atoms with E-state index in [1.165, 1.54) is 34.4 Å². The van der Waals surface area contributed by atoms with Crippen molar-refractivity contribution in [3.8, 4) is 0 Å². The molecule has 0 amide bonds. The summed E-state index contributed by atoms with van der Waals surface area (Å²) in [5.74, 6) is -0.257. The maximum atomic E-state index is 12.1. The van der Waals surface area contributed by atoms with Crippen LogP contribution in [0.2, 0.25) is 18.1 Å². The number of aliphatic hydroxyl groups excluding tert-OH is 5. The number of aromatic amines is 4. The predicted octanol–water partition coefficient (Wildman–Crippen LogP) is -3.25. The van der Waals surface area contributed by atoms with Gasteiger partial charge in [-0.3, -0.25) is 57.4 Å². The zero-order valence-corrected chi connectivity index (χ0v) is 49.0. The van der Waals surface area contributed by atoms with Crippen LogP contribution in [0.5, 0.6) is 0 Å². The lowest BCUT2D eigenvalue weighted by atomic mass is 10.1. The molecule has 88 heavy (non-hydrogen) atoms. The molecule has 8 aromatic rings. The number of anilines is 4. The maximum absolute atomic E-state index is 12.1. The number of carbonyl (C=O) groups is 1. The van der Waals surface area contributed by atoms with Crippen LogP contribution in [0.1, 0.15) is 77.8 Å².